The van der Waals surface area contributed by atoms with E-state index in [1.165, 1.54) is 44.1 Å². The Hall–Kier alpha value is -1.68. The highest BCUT2D eigenvalue weighted by Crippen LogP contribution is 2.47. The van der Waals surface area contributed by atoms with E-state index in [9.17, 15) is 9.59 Å². The summed E-state index contributed by atoms with van der Waals surface area (Å²) >= 11 is 0. The van der Waals surface area contributed by atoms with Crippen molar-refractivity contribution in [2.45, 2.75) is 104 Å². The van der Waals surface area contributed by atoms with Gasteiger partial charge in [-0.05, 0) is 80.9 Å². The maximum absolute atomic E-state index is 11.6. The molecule has 0 amide bonds. The van der Waals surface area contributed by atoms with E-state index >= 15 is 0 Å². The van der Waals surface area contributed by atoms with Gasteiger partial charge in [0.15, 0.2) is 5.78 Å². The second kappa shape index (κ2) is 13.7. The van der Waals surface area contributed by atoms with Gasteiger partial charge in [-0.25, -0.2) is 4.79 Å². The molecule has 1 aliphatic heterocycles. The van der Waals surface area contributed by atoms with Crippen LogP contribution in [0.4, 0.5) is 0 Å². The number of carboxylic acids is 1. The lowest BCUT2D eigenvalue weighted by atomic mass is 9.83. The Morgan fingerprint density at radius 1 is 1.06 bits per heavy atom. The molecule has 1 saturated carbocycles. The van der Waals surface area contributed by atoms with Crippen LogP contribution in [0.2, 0.25) is 0 Å². The number of benzene rings is 1. The summed E-state index contributed by atoms with van der Waals surface area (Å²) in [6, 6.07) is 7.32. The number of ketones is 1. The number of carboxylic acid groups (broad SMARTS) is 1. The van der Waals surface area contributed by atoms with E-state index in [1.54, 1.807) is 19.1 Å². The Bertz CT molecular complexity index is 646. The van der Waals surface area contributed by atoms with Gasteiger partial charge in [0.25, 0.3) is 0 Å². The molecule has 1 aromatic rings. The van der Waals surface area contributed by atoms with Crippen molar-refractivity contribution >= 4 is 11.8 Å². The molecule has 176 valence electrons. The molecule has 0 aromatic heterocycles. The second-order valence-electron chi connectivity index (χ2n) is 8.88. The first-order valence-corrected chi connectivity index (χ1v) is 12.3. The van der Waals surface area contributed by atoms with Gasteiger partial charge in [-0.15, -0.1) is 0 Å². The van der Waals surface area contributed by atoms with E-state index in [4.69, 9.17) is 9.84 Å². The lowest BCUT2D eigenvalue weighted by Crippen LogP contribution is -2.46. The van der Waals surface area contributed by atoms with E-state index in [2.05, 4.69) is 20.8 Å². The topological polar surface area (TPSA) is 63.6 Å². The number of carbonyl (C=O) groups excluding carboxylic acids is 1. The lowest BCUT2D eigenvalue weighted by Gasteiger charge is -2.37. The Kier molecular flexibility index (Phi) is 12.1. The van der Waals surface area contributed by atoms with Crippen molar-refractivity contribution < 1.29 is 19.4 Å². The van der Waals surface area contributed by atoms with Crippen molar-refractivity contribution in [1.29, 1.82) is 0 Å². The quantitative estimate of drug-likeness (QED) is 0.469. The average molecular weight is 433 g/mol. The van der Waals surface area contributed by atoms with Crippen LogP contribution in [0, 0.1) is 11.8 Å². The van der Waals surface area contributed by atoms with Gasteiger partial charge in [0.05, 0.1) is 12.2 Å². The smallest absolute Gasteiger partial charge is 0.335 e. The maximum Gasteiger partial charge on any atom is 0.335 e. The molecule has 4 heteroatoms. The molecule has 0 spiro atoms. The van der Waals surface area contributed by atoms with E-state index in [0.29, 0.717) is 23.3 Å². The Morgan fingerprint density at radius 2 is 1.61 bits per heavy atom. The highest BCUT2D eigenvalue weighted by atomic mass is 16.5. The number of carbonyl (C=O) groups is 2. The molecular formula is C27H44O4. The van der Waals surface area contributed by atoms with Crippen molar-refractivity contribution in [2.24, 2.45) is 11.8 Å². The monoisotopic (exact) mass is 432 g/mol. The number of hydrogen-bond donors (Lipinski definition) is 1. The number of rotatable bonds is 8. The van der Waals surface area contributed by atoms with Gasteiger partial charge in [0.2, 0.25) is 0 Å². The van der Waals surface area contributed by atoms with Crippen LogP contribution in [0.5, 0.6) is 0 Å². The van der Waals surface area contributed by atoms with Gasteiger partial charge in [0, 0.05) is 0 Å². The molecule has 2 aliphatic rings. The van der Waals surface area contributed by atoms with E-state index in [1.807, 2.05) is 26.0 Å². The predicted molar refractivity (Wildman–Crippen MR) is 128 cm³/mol. The van der Waals surface area contributed by atoms with Crippen LogP contribution in [0.3, 0.4) is 0 Å². The third kappa shape index (κ3) is 8.07. The third-order valence-electron chi connectivity index (χ3n) is 6.37. The zero-order chi connectivity index (χ0) is 23.4. The van der Waals surface area contributed by atoms with Gasteiger partial charge in [-0.2, -0.15) is 0 Å². The zero-order valence-electron chi connectivity index (χ0n) is 20.6. The van der Waals surface area contributed by atoms with Crippen molar-refractivity contribution in [3.05, 3.63) is 35.4 Å². The zero-order valence-corrected chi connectivity index (χ0v) is 20.6. The first kappa shape index (κ1) is 27.4. The minimum atomic E-state index is -0.853. The summed E-state index contributed by atoms with van der Waals surface area (Å²) in [4.78, 5) is 22.3. The fourth-order valence-electron chi connectivity index (χ4n) is 4.42. The van der Waals surface area contributed by atoms with Gasteiger partial charge < -0.3 is 9.84 Å². The standard InChI is InChI=1S/C14H20O2.C11H18O2.C2H6/c1-3-5-11(6-4-2)12-7-9-13(10-8-12)14(15)16;1-8-5-6-11(9(2)12,13-7-8)10-3-4-10;1-2/h7-11H,3-6H2,1-2H3,(H,15,16);8,10H,3-7H2,1-2H3;1-2H3/t;8?,11-;/m.1./s1. The summed E-state index contributed by atoms with van der Waals surface area (Å²) in [7, 11) is 0. The minimum Gasteiger partial charge on any atom is -0.478 e. The number of ether oxygens (including phenoxy) is 1. The molecular weight excluding hydrogens is 388 g/mol. The van der Waals surface area contributed by atoms with Crippen LogP contribution in [-0.2, 0) is 9.53 Å². The lowest BCUT2D eigenvalue weighted by molar-refractivity contribution is -0.157. The first-order valence-electron chi connectivity index (χ1n) is 12.3. The van der Waals surface area contributed by atoms with Crippen LogP contribution in [0.15, 0.2) is 24.3 Å². The van der Waals surface area contributed by atoms with Gasteiger partial charge in [-0.1, -0.05) is 59.6 Å². The van der Waals surface area contributed by atoms with Crippen molar-refractivity contribution in [1.82, 2.24) is 0 Å². The van der Waals surface area contributed by atoms with E-state index in [-0.39, 0.29) is 11.4 Å². The van der Waals surface area contributed by atoms with Crippen LogP contribution in [0.25, 0.3) is 0 Å². The molecule has 2 atom stereocenters. The summed E-state index contributed by atoms with van der Waals surface area (Å²) in [6.45, 7) is 13.0. The molecule has 1 heterocycles. The molecule has 0 radical (unpaired) electrons. The first-order chi connectivity index (χ1) is 14.8. The normalized spacial score (nSPS) is 22.6. The Labute approximate surface area is 189 Å². The molecule has 1 saturated heterocycles. The molecule has 1 N–H and O–H groups in total. The highest BCUT2D eigenvalue weighted by molar-refractivity contribution is 5.87. The van der Waals surface area contributed by atoms with Crippen molar-refractivity contribution in [2.75, 3.05) is 6.61 Å². The molecule has 2 fully saturated rings. The minimum absolute atomic E-state index is 0.252. The fourth-order valence-corrected chi connectivity index (χ4v) is 4.42. The largest absolute Gasteiger partial charge is 0.478 e. The van der Waals surface area contributed by atoms with E-state index < -0.39 is 5.97 Å². The average Bonchev–Trinajstić information content (AvgIpc) is 3.62. The molecule has 3 rings (SSSR count). The van der Waals surface area contributed by atoms with Gasteiger partial charge in [-0.3, -0.25) is 4.79 Å². The summed E-state index contributed by atoms with van der Waals surface area (Å²) in [5, 5.41) is 8.82. The summed E-state index contributed by atoms with van der Waals surface area (Å²) in [5.41, 5.74) is 1.27. The van der Waals surface area contributed by atoms with E-state index in [0.717, 1.165) is 19.4 Å². The number of hydrogen-bond acceptors (Lipinski definition) is 3. The molecule has 1 aliphatic carbocycles. The summed E-state index contributed by atoms with van der Waals surface area (Å²) < 4.78 is 5.81. The second-order valence-corrected chi connectivity index (χ2v) is 8.88. The summed E-state index contributed by atoms with van der Waals surface area (Å²) in [6.07, 6.45) is 9.18. The number of aromatic carboxylic acids is 1. The molecule has 31 heavy (non-hydrogen) atoms. The fraction of sp³-hybridized carbons (Fsp3) is 0.704. The Balaban J connectivity index is 0.000000291. The van der Waals surface area contributed by atoms with Crippen molar-refractivity contribution in [3.8, 4) is 0 Å². The maximum atomic E-state index is 11.6. The molecule has 4 nitrogen and oxygen atoms in total. The molecule has 1 unspecified atom stereocenters. The van der Waals surface area contributed by atoms with Crippen LogP contribution >= 0.6 is 0 Å². The van der Waals surface area contributed by atoms with Gasteiger partial charge in [0.1, 0.15) is 5.60 Å². The number of Topliss-reactive ketones (excluding diaryl/α,β-unsaturated/α-hetero) is 1. The summed E-state index contributed by atoms with van der Waals surface area (Å²) in [5.74, 6) is 1.15. The molecule has 0 bridgehead atoms. The predicted octanol–water partition coefficient (Wildman–Crippen LogP) is 7.27. The highest BCUT2D eigenvalue weighted by Gasteiger charge is 2.51. The van der Waals surface area contributed by atoms with Gasteiger partial charge >= 0.3 is 5.97 Å². The van der Waals surface area contributed by atoms with Crippen LogP contribution < -0.4 is 0 Å². The van der Waals surface area contributed by atoms with Crippen LogP contribution in [0.1, 0.15) is 115 Å². The SMILES string of the molecule is CC.CC(=O)[C@@]1(C2CC2)CCC(C)CO1.CCCC(CCC)c1ccc(C(=O)O)cc1. The molecule has 1 aromatic carbocycles. The van der Waals surface area contributed by atoms with Crippen LogP contribution in [-0.4, -0.2) is 29.1 Å². The third-order valence-corrected chi connectivity index (χ3v) is 6.37. The Morgan fingerprint density at radius 3 is 1.97 bits per heavy atom. The van der Waals surface area contributed by atoms with Crippen molar-refractivity contribution in [3.63, 3.8) is 0 Å².